The number of nitrogens with zero attached hydrogens (tertiary/aromatic N) is 5. The maximum atomic E-state index is 13.8. The van der Waals surface area contributed by atoms with Crippen LogP contribution in [0.1, 0.15) is 35.6 Å². The van der Waals surface area contributed by atoms with Crippen molar-refractivity contribution in [1.82, 2.24) is 14.8 Å². The van der Waals surface area contributed by atoms with Crippen LogP contribution in [0.15, 0.2) is 97.2 Å². The predicted molar refractivity (Wildman–Crippen MR) is 154 cm³/mol. The van der Waals surface area contributed by atoms with E-state index in [0.29, 0.717) is 23.7 Å². The number of urea groups is 1. The van der Waals surface area contributed by atoms with Crippen molar-refractivity contribution in [3.63, 3.8) is 0 Å². The summed E-state index contributed by atoms with van der Waals surface area (Å²) >= 11 is 0. The first kappa shape index (κ1) is 26.5. The number of benzene rings is 3. The van der Waals surface area contributed by atoms with Gasteiger partial charge in [-0.3, -0.25) is 9.80 Å². The van der Waals surface area contributed by atoms with E-state index in [2.05, 4.69) is 28.1 Å². The molecule has 1 aromatic heterocycles. The van der Waals surface area contributed by atoms with Crippen LogP contribution < -0.4 is 9.64 Å². The Morgan fingerprint density at radius 3 is 2.32 bits per heavy atom. The molecule has 0 saturated carbocycles. The Morgan fingerprint density at radius 1 is 0.927 bits per heavy atom. The van der Waals surface area contributed by atoms with Crippen LogP contribution in [0.3, 0.4) is 0 Å². The Hall–Kier alpha value is -4.74. The predicted octanol–water partition coefficient (Wildman–Crippen LogP) is 6.53. The zero-order valence-electron chi connectivity index (χ0n) is 22.6. The molecule has 2 aliphatic rings. The number of pyridine rings is 1. The summed E-state index contributed by atoms with van der Waals surface area (Å²) in [5.74, 6) is 0.824. The van der Waals surface area contributed by atoms with Crippen molar-refractivity contribution in [2.45, 2.75) is 31.5 Å². The fourth-order valence-electron chi connectivity index (χ4n) is 5.70. The molecule has 3 aromatic carbocycles. The van der Waals surface area contributed by atoms with Gasteiger partial charge in [0, 0.05) is 43.6 Å². The second kappa shape index (κ2) is 11.8. The second-order valence-electron chi connectivity index (χ2n) is 10.5. The quantitative estimate of drug-likeness (QED) is 0.263. The molecule has 2 saturated heterocycles. The molecular formula is C33H30FN5O2. The molecule has 0 spiro atoms. The molecule has 0 bridgehead atoms. The number of anilines is 1. The molecule has 0 aliphatic carbocycles. The van der Waals surface area contributed by atoms with E-state index >= 15 is 0 Å². The molecule has 2 fully saturated rings. The second-order valence-corrected chi connectivity index (χ2v) is 10.5. The van der Waals surface area contributed by atoms with E-state index in [1.54, 1.807) is 41.3 Å². The van der Waals surface area contributed by atoms with Crippen molar-refractivity contribution < 1.29 is 13.9 Å². The van der Waals surface area contributed by atoms with E-state index in [1.807, 2.05) is 41.4 Å². The highest BCUT2D eigenvalue weighted by atomic mass is 19.1. The molecular weight excluding hydrogens is 517 g/mol. The Bertz CT molecular complexity index is 1510. The molecule has 8 heteroatoms. The molecule has 0 radical (unpaired) electrons. The fraction of sp³-hybridized carbons (Fsp3) is 0.242. The molecule has 6 rings (SSSR count). The maximum absolute atomic E-state index is 13.8. The van der Waals surface area contributed by atoms with Crippen LogP contribution in [0.2, 0.25) is 0 Å². The summed E-state index contributed by atoms with van der Waals surface area (Å²) in [7, 11) is 0. The van der Waals surface area contributed by atoms with Crippen LogP contribution in [-0.4, -0.2) is 46.5 Å². The summed E-state index contributed by atoms with van der Waals surface area (Å²) < 4.78 is 19.4. The van der Waals surface area contributed by atoms with Gasteiger partial charge in [-0.1, -0.05) is 36.4 Å². The van der Waals surface area contributed by atoms with Crippen molar-refractivity contribution in [1.29, 1.82) is 5.26 Å². The topological polar surface area (TPSA) is 72.7 Å². The van der Waals surface area contributed by atoms with Crippen molar-refractivity contribution >= 4 is 11.7 Å². The summed E-state index contributed by atoms with van der Waals surface area (Å²) in [6, 6.07) is 29.3. The first-order valence-electron chi connectivity index (χ1n) is 13.8. The molecule has 206 valence electrons. The van der Waals surface area contributed by atoms with Crippen LogP contribution in [0.25, 0.3) is 0 Å². The standard InChI is InChI=1S/C33H30FN5O2/c34-27-9-11-28(12-10-27)38-23-31(26-4-2-1-3-5-26)39(33(38)40)29-16-18-37(19-17-29)22-25-8-15-32(36-21-25)41-30-13-6-24(20-35)7-14-30/h1-15,21,29,31H,16-19,22-23H2. The van der Waals surface area contributed by atoms with Gasteiger partial charge in [0.1, 0.15) is 11.6 Å². The first-order valence-corrected chi connectivity index (χ1v) is 13.8. The molecule has 41 heavy (non-hydrogen) atoms. The average Bonchev–Trinajstić information content (AvgIpc) is 3.36. The molecule has 1 atom stereocenters. The Labute approximate surface area is 239 Å². The molecule has 7 nitrogen and oxygen atoms in total. The Kier molecular flexibility index (Phi) is 7.61. The van der Waals surface area contributed by atoms with Crippen molar-refractivity contribution in [2.75, 3.05) is 24.5 Å². The van der Waals surface area contributed by atoms with Crippen molar-refractivity contribution in [3.8, 4) is 17.7 Å². The zero-order valence-corrected chi connectivity index (χ0v) is 22.6. The minimum Gasteiger partial charge on any atom is -0.439 e. The van der Waals surface area contributed by atoms with Crippen LogP contribution in [0, 0.1) is 17.1 Å². The Balaban J connectivity index is 1.09. The van der Waals surface area contributed by atoms with Crippen molar-refractivity contribution in [3.05, 3.63) is 120 Å². The first-order chi connectivity index (χ1) is 20.1. The number of amides is 2. The molecule has 4 aromatic rings. The zero-order chi connectivity index (χ0) is 28.2. The summed E-state index contributed by atoms with van der Waals surface area (Å²) in [5, 5.41) is 8.95. The highest BCUT2D eigenvalue weighted by Crippen LogP contribution is 2.37. The highest BCUT2D eigenvalue weighted by molar-refractivity contribution is 5.95. The molecule has 1 unspecified atom stereocenters. The smallest absolute Gasteiger partial charge is 0.325 e. The number of piperidine rings is 1. The van der Waals surface area contributed by atoms with E-state index in [0.717, 1.165) is 49.3 Å². The lowest BCUT2D eigenvalue weighted by atomic mass is 9.99. The van der Waals surface area contributed by atoms with Crippen LogP contribution in [0.4, 0.5) is 14.9 Å². The minimum atomic E-state index is -0.312. The summed E-state index contributed by atoms with van der Waals surface area (Å²) in [5.41, 5.74) is 3.51. The van der Waals surface area contributed by atoms with E-state index in [9.17, 15) is 9.18 Å². The highest BCUT2D eigenvalue weighted by Gasteiger charge is 2.43. The van der Waals surface area contributed by atoms with E-state index in [1.165, 1.54) is 12.1 Å². The van der Waals surface area contributed by atoms with Gasteiger partial charge < -0.3 is 9.64 Å². The van der Waals surface area contributed by atoms with Gasteiger partial charge in [-0.25, -0.2) is 14.2 Å². The summed E-state index contributed by atoms with van der Waals surface area (Å²) in [6.07, 6.45) is 3.58. The normalized spacial score (nSPS) is 18.0. The number of likely N-dealkylation sites (tertiary alicyclic amines) is 1. The van der Waals surface area contributed by atoms with Gasteiger partial charge in [0.25, 0.3) is 0 Å². The average molecular weight is 548 g/mol. The third kappa shape index (κ3) is 5.91. The number of carbonyl (C=O) groups is 1. The van der Waals surface area contributed by atoms with E-state index in [-0.39, 0.29) is 23.9 Å². The number of ether oxygens (including phenoxy) is 1. The van der Waals surface area contributed by atoms with Gasteiger partial charge in [0.15, 0.2) is 0 Å². The van der Waals surface area contributed by atoms with Gasteiger partial charge in [-0.2, -0.15) is 5.26 Å². The van der Waals surface area contributed by atoms with Crippen LogP contribution in [0.5, 0.6) is 11.6 Å². The number of nitriles is 1. The SMILES string of the molecule is N#Cc1ccc(Oc2ccc(CN3CCC(N4C(=O)N(c5ccc(F)cc5)CC4c4ccccc4)CC3)cn2)cc1. The number of carbonyl (C=O) groups excluding carboxylic acids is 1. The van der Waals surface area contributed by atoms with Gasteiger partial charge in [0.05, 0.1) is 24.2 Å². The number of halogens is 1. The maximum Gasteiger partial charge on any atom is 0.325 e. The fourth-order valence-corrected chi connectivity index (χ4v) is 5.70. The number of aromatic nitrogens is 1. The molecule has 0 N–H and O–H groups in total. The third-order valence-electron chi connectivity index (χ3n) is 7.83. The van der Waals surface area contributed by atoms with Gasteiger partial charge in [0.2, 0.25) is 5.88 Å². The number of hydrogen-bond donors (Lipinski definition) is 0. The van der Waals surface area contributed by atoms with Crippen LogP contribution >= 0.6 is 0 Å². The Morgan fingerprint density at radius 2 is 1.66 bits per heavy atom. The van der Waals surface area contributed by atoms with Gasteiger partial charge in [-0.05, 0) is 72.5 Å². The minimum absolute atomic E-state index is 0.0223. The largest absolute Gasteiger partial charge is 0.439 e. The summed E-state index contributed by atoms with van der Waals surface area (Å²) in [4.78, 5) is 24.4. The number of rotatable bonds is 7. The van der Waals surface area contributed by atoms with E-state index in [4.69, 9.17) is 10.00 Å². The van der Waals surface area contributed by atoms with E-state index < -0.39 is 0 Å². The molecule has 3 heterocycles. The number of hydrogen-bond acceptors (Lipinski definition) is 5. The lowest BCUT2D eigenvalue weighted by Gasteiger charge is -2.39. The summed E-state index contributed by atoms with van der Waals surface area (Å²) in [6.45, 7) is 3.05. The lowest BCUT2D eigenvalue weighted by molar-refractivity contribution is 0.112. The van der Waals surface area contributed by atoms with Gasteiger partial charge in [-0.15, -0.1) is 0 Å². The third-order valence-corrected chi connectivity index (χ3v) is 7.83. The van der Waals surface area contributed by atoms with Gasteiger partial charge >= 0.3 is 6.03 Å². The lowest BCUT2D eigenvalue weighted by Crippen LogP contribution is -2.47. The van der Waals surface area contributed by atoms with Crippen LogP contribution in [-0.2, 0) is 6.54 Å². The monoisotopic (exact) mass is 547 g/mol. The molecule has 2 amide bonds. The molecule has 2 aliphatic heterocycles. The van der Waals surface area contributed by atoms with Crippen molar-refractivity contribution in [2.24, 2.45) is 0 Å².